The molecule has 0 aliphatic carbocycles. The minimum absolute atomic E-state index is 0.0121. The summed E-state index contributed by atoms with van der Waals surface area (Å²) in [5.74, 6) is -0.0121. The summed E-state index contributed by atoms with van der Waals surface area (Å²) in [4.78, 5) is 16.2. The second-order valence-corrected chi connectivity index (χ2v) is 8.08. The maximum atomic E-state index is 14.1. The molecule has 0 saturated carbocycles. The van der Waals surface area contributed by atoms with Crippen LogP contribution >= 0.6 is 34.8 Å². The minimum atomic E-state index is -4.77. The van der Waals surface area contributed by atoms with Gasteiger partial charge in [-0.15, -0.1) is 0 Å². The van der Waals surface area contributed by atoms with E-state index in [2.05, 4.69) is 5.16 Å². The third-order valence-electron chi connectivity index (χ3n) is 4.64. The Kier molecular flexibility index (Phi) is 6.18. The molecule has 0 bridgehead atoms. The van der Waals surface area contributed by atoms with E-state index in [0.717, 1.165) is 0 Å². The van der Waals surface area contributed by atoms with E-state index in [9.17, 15) is 18.0 Å². The molecule has 29 heavy (non-hydrogen) atoms. The lowest BCUT2D eigenvalue weighted by molar-refractivity contribution is -0.275. The molecule has 0 fully saturated rings. The smallest absolute Gasteiger partial charge is 0.374 e. The molecule has 0 radical (unpaired) electrons. The first kappa shape index (κ1) is 21.9. The van der Waals surface area contributed by atoms with Crippen LogP contribution in [0.2, 0.25) is 15.1 Å². The third kappa shape index (κ3) is 4.55. The van der Waals surface area contributed by atoms with E-state index in [1.54, 1.807) is 18.2 Å². The Balaban J connectivity index is 1.97. The molecule has 1 heterocycles. The van der Waals surface area contributed by atoms with E-state index in [1.807, 2.05) is 0 Å². The Labute approximate surface area is 180 Å². The number of rotatable bonds is 5. The summed E-state index contributed by atoms with van der Waals surface area (Å²) >= 11 is 18.0. The lowest BCUT2D eigenvalue weighted by atomic mass is 9.86. The first-order valence-electron chi connectivity index (χ1n) is 8.58. The van der Waals surface area contributed by atoms with Gasteiger partial charge in [0.25, 0.3) is 5.60 Å². The summed E-state index contributed by atoms with van der Waals surface area (Å²) in [6.45, 7) is 1.46. The maximum Gasteiger partial charge on any atom is 0.435 e. The predicted octanol–water partition coefficient (Wildman–Crippen LogP) is 6.75. The van der Waals surface area contributed by atoms with Gasteiger partial charge in [-0.3, -0.25) is 0 Å². The van der Waals surface area contributed by atoms with Gasteiger partial charge in [0, 0.05) is 33.5 Å². The summed E-state index contributed by atoms with van der Waals surface area (Å²) in [5.41, 5.74) is -1.73. The number of halogens is 6. The molecule has 1 unspecified atom stereocenters. The number of ketones is 1. The van der Waals surface area contributed by atoms with Gasteiger partial charge in [0.2, 0.25) is 0 Å². The molecule has 1 atom stereocenters. The van der Waals surface area contributed by atoms with Gasteiger partial charge < -0.3 is 9.63 Å². The van der Waals surface area contributed by atoms with E-state index in [1.165, 1.54) is 25.1 Å². The molecular weight excluding hydrogens is 450 g/mol. The highest BCUT2D eigenvalue weighted by atomic mass is 35.5. The molecule has 9 heteroatoms. The van der Waals surface area contributed by atoms with Crippen molar-refractivity contribution in [3.05, 3.63) is 68.2 Å². The number of aryl methyl sites for hydroxylation is 1. The Hall–Kier alpha value is -1.76. The van der Waals surface area contributed by atoms with Crippen LogP contribution in [0, 0.1) is 0 Å². The number of nitrogens with zero attached hydrogens (tertiary/aromatic N) is 1. The van der Waals surface area contributed by atoms with Crippen LogP contribution in [0.4, 0.5) is 13.2 Å². The van der Waals surface area contributed by atoms with Crippen molar-refractivity contribution in [1.29, 1.82) is 0 Å². The van der Waals surface area contributed by atoms with Gasteiger partial charge in [-0.2, -0.15) is 13.2 Å². The van der Waals surface area contributed by atoms with E-state index in [0.29, 0.717) is 22.6 Å². The molecule has 154 valence electrons. The molecule has 2 aromatic carbocycles. The second kappa shape index (κ2) is 8.17. The first-order chi connectivity index (χ1) is 13.5. The molecule has 2 aromatic rings. The number of carbonyl (C=O) groups is 1. The number of hydrogen-bond donors (Lipinski definition) is 0. The zero-order chi connectivity index (χ0) is 21.4. The van der Waals surface area contributed by atoms with Crippen LogP contribution in [0.5, 0.6) is 0 Å². The van der Waals surface area contributed by atoms with Gasteiger partial charge in [0.1, 0.15) is 5.78 Å². The van der Waals surface area contributed by atoms with Crippen molar-refractivity contribution in [2.45, 2.75) is 38.0 Å². The fourth-order valence-corrected chi connectivity index (χ4v) is 3.84. The SMILES string of the molecule is CC(=O)CCc1cc(C2=NOC(c3cc(Cl)cc(Cl)c3)(C(F)(F)F)C2)ccc1Cl. The van der Waals surface area contributed by atoms with Gasteiger partial charge in [0.05, 0.1) is 5.71 Å². The molecular formula is C20H15Cl3F3NO2. The first-order valence-corrected chi connectivity index (χ1v) is 9.72. The Morgan fingerprint density at radius 1 is 1.14 bits per heavy atom. The zero-order valence-electron chi connectivity index (χ0n) is 15.1. The summed E-state index contributed by atoms with van der Waals surface area (Å²) < 4.78 is 42.2. The summed E-state index contributed by atoms with van der Waals surface area (Å²) in [6, 6.07) is 8.44. The average Bonchev–Trinajstić information content (AvgIpc) is 3.07. The molecule has 0 amide bonds. The van der Waals surface area contributed by atoms with Crippen LogP contribution in [0.3, 0.4) is 0 Å². The largest absolute Gasteiger partial charge is 0.435 e. The van der Waals surface area contributed by atoms with Crippen molar-refractivity contribution < 1.29 is 22.8 Å². The molecule has 3 nitrogen and oxygen atoms in total. The Morgan fingerprint density at radius 2 is 1.79 bits per heavy atom. The lowest BCUT2D eigenvalue weighted by Gasteiger charge is -2.29. The Morgan fingerprint density at radius 3 is 2.38 bits per heavy atom. The van der Waals surface area contributed by atoms with Gasteiger partial charge in [-0.25, -0.2) is 0 Å². The molecule has 0 saturated heterocycles. The third-order valence-corrected chi connectivity index (χ3v) is 5.45. The molecule has 0 spiro atoms. The summed E-state index contributed by atoms with van der Waals surface area (Å²) in [7, 11) is 0. The van der Waals surface area contributed by atoms with Crippen molar-refractivity contribution in [2.75, 3.05) is 0 Å². The van der Waals surface area contributed by atoms with Crippen LogP contribution in [0.25, 0.3) is 0 Å². The van der Waals surface area contributed by atoms with E-state index in [-0.39, 0.29) is 33.5 Å². The van der Waals surface area contributed by atoms with Crippen LogP contribution in [-0.2, 0) is 21.7 Å². The number of carbonyl (C=O) groups excluding carboxylic acids is 1. The summed E-state index contributed by atoms with van der Waals surface area (Å²) in [6.07, 6.45) is -4.67. The van der Waals surface area contributed by atoms with Gasteiger partial charge >= 0.3 is 6.18 Å². The topological polar surface area (TPSA) is 38.7 Å². The molecule has 3 rings (SSSR count). The predicted molar refractivity (Wildman–Crippen MR) is 107 cm³/mol. The van der Waals surface area contributed by atoms with Gasteiger partial charge in [0.15, 0.2) is 0 Å². The number of oxime groups is 1. The normalized spacial score (nSPS) is 19.1. The minimum Gasteiger partial charge on any atom is -0.374 e. The fourth-order valence-electron chi connectivity index (χ4n) is 3.10. The fraction of sp³-hybridized carbons (Fsp3) is 0.300. The van der Waals surface area contributed by atoms with Gasteiger partial charge in [-0.1, -0.05) is 46.0 Å². The monoisotopic (exact) mass is 463 g/mol. The quantitative estimate of drug-likeness (QED) is 0.491. The lowest BCUT2D eigenvalue weighted by Crippen LogP contribution is -2.42. The highest BCUT2D eigenvalue weighted by molar-refractivity contribution is 6.34. The molecule has 1 aliphatic rings. The number of benzene rings is 2. The van der Waals surface area contributed by atoms with Crippen LogP contribution in [0.1, 0.15) is 36.5 Å². The molecule has 0 N–H and O–H groups in total. The van der Waals surface area contributed by atoms with E-state index < -0.39 is 18.2 Å². The summed E-state index contributed by atoms with van der Waals surface area (Å²) in [5, 5.41) is 4.28. The number of alkyl halides is 3. The highest BCUT2D eigenvalue weighted by Gasteiger charge is 2.62. The zero-order valence-corrected chi connectivity index (χ0v) is 17.4. The standard InChI is InChI=1S/C20H15Cl3F3NO2/c1-11(28)2-3-12-6-13(4-5-17(12)23)18-10-19(29-27-18,20(24,25)26)14-7-15(21)9-16(22)8-14/h4-9H,2-3,10H2,1H3. The van der Waals surface area contributed by atoms with Crippen LogP contribution < -0.4 is 0 Å². The average molecular weight is 465 g/mol. The van der Waals surface area contributed by atoms with Crippen molar-refractivity contribution in [3.63, 3.8) is 0 Å². The van der Waals surface area contributed by atoms with Crippen LogP contribution in [0.15, 0.2) is 41.6 Å². The maximum absolute atomic E-state index is 14.1. The van der Waals surface area contributed by atoms with Crippen molar-refractivity contribution >= 4 is 46.3 Å². The molecule has 0 aromatic heterocycles. The highest BCUT2D eigenvalue weighted by Crippen LogP contribution is 2.49. The Bertz CT molecular complexity index is 971. The van der Waals surface area contributed by atoms with Crippen molar-refractivity contribution in [2.24, 2.45) is 5.16 Å². The molecule has 1 aliphatic heterocycles. The number of Topliss-reactive ketones (excluding diaryl/α,β-unsaturated/α-hetero) is 1. The van der Waals surface area contributed by atoms with Crippen molar-refractivity contribution in [1.82, 2.24) is 0 Å². The number of hydrogen-bond acceptors (Lipinski definition) is 3. The van der Waals surface area contributed by atoms with Crippen molar-refractivity contribution in [3.8, 4) is 0 Å². The van der Waals surface area contributed by atoms with E-state index >= 15 is 0 Å². The second-order valence-electron chi connectivity index (χ2n) is 6.80. The van der Waals surface area contributed by atoms with Gasteiger partial charge in [-0.05, 0) is 54.8 Å². The van der Waals surface area contributed by atoms with Crippen LogP contribution in [-0.4, -0.2) is 17.7 Å². The van der Waals surface area contributed by atoms with E-state index in [4.69, 9.17) is 39.6 Å².